The first kappa shape index (κ1) is 18.3. The fourth-order valence-corrected chi connectivity index (χ4v) is 1.70. The summed E-state index contributed by atoms with van der Waals surface area (Å²) >= 11 is 5.69. The van der Waals surface area contributed by atoms with Crippen LogP contribution in [0.1, 0.15) is 27.7 Å². The van der Waals surface area contributed by atoms with Crippen molar-refractivity contribution in [3.05, 3.63) is 59.4 Å². The molecular weight excluding hydrogens is 303 g/mol. The van der Waals surface area contributed by atoms with Gasteiger partial charge in [0.15, 0.2) is 0 Å². The van der Waals surface area contributed by atoms with Gasteiger partial charge in [0.1, 0.15) is 17.3 Å². The maximum atomic E-state index is 12.4. The van der Waals surface area contributed by atoms with E-state index < -0.39 is 0 Å². The Morgan fingerprint density at radius 3 is 1.45 bits per heavy atom. The second-order valence-electron chi connectivity index (χ2n) is 5.24. The fourth-order valence-electron chi connectivity index (χ4n) is 1.57. The third-order valence-electron chi connectivity index (χ3n) is 2.37. The summed E-state index contributed by atoms with van der Waals surface area (Å²) < 4.78 is 23.1. The Morgan fingerprint density at radius 1 is 0.727 bits per heavy atom. The van der Waals surface area contributed by atoms with Gasteiger partial charge in [-0.25, -0.2) is 4.39 Å². The molecule has 0 radical (unpaired) electrons. The van der Waals surface area contributed by atoms with E-state index in [1.54, 1.807) is 12.1 Å². The molecule has 0 N–H and O–H groups in total. The smallest absolute Gasteiger partial charge is 0.123 e. The lowest BCUT2D eigenvalue weighted by Gasteiger charge is -2.08. The first-order chi connectivity index (χ1) is 10.4. The van der Waals surface area contributed by atoms with Crippen LogP contribution in [0.15, 0.2) is 48.5 Å². The van der Waals surface area contributed by atoms with Crippen molar-refractivity contribution >= 4 is 11.6 Å². The van der Waals surface area contributed by atoms with Gasteiger partial charge < -0.3 is 9.47 Å². The van der Waals surface area contributed by atoms with Gasteiger partial charge in [-0.1, -0.05) is 11.6 Å². The predicted molar refractivity (Wildman–Crippen MR) is 89.4 cm³/mol. The molecule has 2 aromatic carbocycles. The average Bonchev–Trinajstić information content (AvgIpc) is 2.44. The third kappa shape index (κ3) is 7.89. The molecule has 4 heteroatoms. The second-order valence-corrected chi connectivity index (χ2v) is 5.68. The lowest BCUT2D eigenvalue weighted by Crippen LogP contribution is -2.05. The topological polar surface area (TPSA) is 18.5 Å². The summed E-state index contributed by atoms with van der Waals surface area (Å²) in [7, 11) is 0. The molecule has 0 aliphatic heterocycles. The van der Waals surface area contributed by atoms with Crippen LogP contribution < -0.4 is 9.47 Å². The Bertz CT molecular complexity index is 485. The summed E-state index contributed by atoms with van der Waals surface area (Å²) in [4.78, 5) is 0. The van der Waals surface area contributed by atoms with Gasteiger partial charge in [-0.15, -0.1) is 0 Å². The molecular formula is C18H22ClFO2. The van der Waals surface area contributed by atoms with E-state index in [0.29, 0.717) is 5.75 Å². The van der Waals surface area contributed by atoms with Crippen LogP contribution in [0.25, 0.3) is 0 Å². The van der Waals surface area contributed by atoms with Gasteiger partial charge in [0, 0.05) is 5.02 Å². The summed E-state index contributed by atoms with van der Waals surface area (Å²) in [5.41, 5.74) is 0. The highest BCUT2D eigenvalue weighted by molar-refractivity contribution is 6.30. The van der Waals surface area contributed by atoms with Crippen molar-refractivity contribution < 1.29 is 13.9 Å². The summed E-state index contributed by atoms with van der Waals surface area (Å²) in [5, 5.41) is 0.737. The van der Waals surface area contributed by atoms with Crippen LogP contribution in [0.2, 0.25) is 5.02 Å². The quantitative estimate of drug-likeness (QED) is 0.714. The molecule has 0 amide bonds. The number of rotatable bonds is 4. The lowest BCUT2D eigenvalue weighted by atomic mass is 10.3. The number of ether oxygens (including phenoxy) is 2. The molecule has 0 fully saturated rings. The van der Waals surface area contributed by atoms with Crippen molar-refractivity contribution in [1.82, 2.24) is 0 Å². The summed E-state index contributed by atoms with van der Waals surface area (Å²) in [5.74, 6) is 1.34. The SMILES string of the molecule is CC(C)Oc1ccc(Cl)cc1.CC(C)Oc1ccc(F)cc1. The Morgan fingerprint density at radius 2 is 1.09 bits per heavy atom. The monoisotopic (exact) mass is 324 g/mol. The maximum absolute atomic E-state index is 12.4. The molecule has 120 valence electrons. The highest BCUT2D eigenvalue weighted by Gasteiger charge is 1.96. The van der Waals surface area contributed by atoms with E-state index in [0.717, 1.165) is 10.8 Å². The highest BCUT2D eigenvalue weighted by atomic mass is 35.5. The molecule has 0 atom stereocenters. The van der Waals surface area contributed by atoms with Crippen LogP contribution in [0.5, 0.6) is 11.5 Å². The van der Waals surface area contributed by atoms with Gasteiger partial charge in [0.05, 0.1) is 12.2 Å². The Labute approximate surface area is 136 Å². The summed E-state index contributed by atoms with van der Waals surface area (Å²) in [6.07, 6.45) is 0.358. The molecule has 22 heavy (non-hydrogen) atoms. The zero-order chi connectivity index (χ0) is 16.5. The van der Waals surface area contributed by atoms with Crippen molar-refractivity contribution in [3.8, 4) is 11.5 Å². The normalized spacial score (nSPS) is 10.2. The van der Waals surface area contributed by atoms with Gasteiger partial charge in [-0.05, 0) is 76.2 Å². The van der Waals surface area contributed by atoms with Crippen molar-refractivity contribution in [2.24, 2.45) is 0 Å². The van der Waals surface area contributed by atoms with E-state index in [2.05, 4.69) is 0 Å². The van der Waals surface area contributed by atoms with E-state index >= 15 is 0 Å². The number of benzene rings is 2. The van der Waals surface area contributed by atoms with E-state index in [9.17, 15) is 4.39 Å². The minimum absolute atomic E-state index is 0.139. The zero-order valence-corrected chi connectivity index (χ0v) is 14.1. The third-order valence-corrected chi connectivity index (χ3v) is 2.62. The van der Waals surface area contributed by atoms with Crippen molar-refractivity contribution in [3.63, 3.8) is 0 Å². The minimum Gasteiger partial charge on any atom is -0.491 e. The standard InChI is InChI=1S/C9H11ClO.C9H11FO/c2*1-7(2)11-9-5-3-8(10)4-6-9/h2*3-7H,1-2H3. The van der Waals surface area contributed by atoms with Crippen LogP contribution in [-0.2, 0) is 0 Å². The molecule has 2 nitrogen and oxygen atoms in total. The van der Waals surface area contributed by atoms with E-state index in [-0.39, 0.29) is 18.0 Å². The Kier molecular flexibility index (Phi) is 7.75. The lowest BCUT2D eigenvalue weighted by molar-refractivity contribution is 0.242. The number of hydrogen-bond donors (Lipinski definition) is 0. The Balaban J connectivity index is 0.000000220. The van der Waals surface area contributed by atoms with Crippen molar-refractivity contribution in [2.75, 3.05) is 0 Å². The van der Waals surface area contributed by atoms with Crippen LogP contribution >= 0.6 is 11.6 Å². The van der Waals surface area contributed by atoms with Crippen molar-refractivity contribution in [1.29, 1.82) is 0 Å². The molecule has 0 aromatic heterocycles. The van der Waals surface area contributed by atoms with Gasteiger partial charge >= 0.3 is 0 Å². The predicted octanol–water partition coefficient (Wildman–Crippen LogP) is 5.74. The second kappa shape index (κ2) is 9.31. The minimum atomic E-state index is -0.235. The van der Waals surface area contributed by atoms with E-state index in [1.807, 2.05) is 52.0 Å². The van der Waals surface area contributed by atoms with Crippen LogP contribution in [0.3, 0.4) is 0 Å². The molecule has 0 unspecified atom stereocenters. The Hall–Kier alpha value is -1.74. The van der Waals surface area contributed by atoms with Gasteiger partial charge in [0.2, 0.25) is 0 Å². The largest absolute Gasteiger partial charge is 0.491 e. The van der Waals surface area contributed by atoms with Gasteiger partial charge in [0.25, 0.3) is 0 Å². The molecule has 0 heterocycles. The van der Waals surface area contributed by atoms with Crippen LogP contribution in [0, 0.1) is 5.82 Å². The van der Waals surface area contributed by atoms with E-state index in [4.69, 9.17) is 21.1 Å². The number of hydrogen-bond acceptors (Lipinski definition) is 2. The molecule has 2 rings (SSSR count). The molecule has 2 aromatic rings. The molecule has 0 spiro atoms. The summed E-state index contributed by atoms with van der Waals surface area (Å²) in [6.45, 7) is 7.86. The fraction of sp³-hybridized carbons (Fsp3) is 0.333. The molecule has 0 aliphatic rings. The van der Waals surface area contributed by atoms with E-state index in [1.165, 1.54) is 12.1 Å². The van der Waals surface area contributed by atoms with Gasteiger partial charge in [-0.3, -0.25) is 0 Å². The highest BCUT2D eigenvalue weighted by Crippen LogP contribution is 2.16. The first-order valence-corrected chi connectivity index (χ1v) is 7.59. The van der Waals surface area contributed by atoms with Gasteiger partial charge in [-0.2, -0.15) is 0 Å². The van der Waals surface area contributed by atoms with Crippen LogP contribution in [0.4, 0.5) is 4.39 Å². The first-order valence-electron chi connectivity index (χ1n) is 7.21. The van der Waals surface area contributed by atoms with Crippen molar-refractivity contribution in [2.45, 2.75) is 39.9 Å². The summed E-state index contributed by atoms with van der Waals surface area (Å²) in [6, 6.07) is 13.4. The molecule has 0 saturated heterocycles. The number of halogens is 2. The maximum Gasteiger partial charge on any atom is 0.123 e. The average molecular weight is 325 g/mol. The molecule has 0 bridgehead atoms. The molecule has 0 aliphatic carbocycles. The molecule has 0 saturated carbocycles. The zero-order valence-electron chi connectivity index (χ0n) is 13.3. The van der Waals surface area contributed by atoms with Crippen LogP contribution in [-0.4, -0.2) is 12.2 Å².